The summed E-state index contributed by atoms with van der Waals surface area (Å²) in [5.41, 5.74) is 0.340. The van der Waals surface area contributed by atoms with Crippen LogP contribution < -0.4 is 0 Å². The molecule has 1 unspecified atom stereocenters. The van der Waals surface area contributed by atoms with Crippen LogP contribution in [-0.2, 0) is 4.74 Å². The SMILES string of the molecule is COCCN(C)CC(O)c1ccccc1F. The second-order valence-corrected chi connectivity index (χ2v) is 3.79. The van der Waals surface area contributed by atoms with Crippen molar-refractivity contribution in [2.24, 2.45) is 0 Å². The molecule has 4 heteroatoms. The van der Waals surface area contributed by atoms with Crippen LogP contribution in [0.4, 0.5) is 4.39 Å². The van der Waals surface area contributed by atoms with Crippen molar-refractivity contribution < 1.29 is 14.2 Å². The van der Waals surface area contributed by atoms with E-state index in [0.29, 0.717) is 25.3 Å². The Morgan fingerprint density at radius 1 is 1.44 bits per heavy atom. The number of benzene rings is 1. The Morgan fingerprint density at radius 3 is 2.75 bits per heavy atom. The van der Waals surface area contributed by atoms with Gasteiger partial charge in [0.25, 0.3) is 0 Å². The Bertz CT molecular complexity index is 320. The summed E-state index contributed by atoms with van der Waals surface area (Å²) in [5.74, 6) is -0.366. The largest absolute Gasteiger partial charge is 0.387 e. The van der Waals surface area contributed by atoms with Crippen LogP contribution in [0.25, 0.3) is 0 Å². The summed E-state index contributed by atoms with van der Waals surface area (Å²) in [7, 11) is 3.49. The third kappa shape index (κ3) is 3.89. The number of hydrogen-bond acceptors (Lipinski definition) is 3. The Kier molecular flexibility index (Phi) is 5.38. The second-order valence-electron chi connectivity index (χ2n) is 3.79. The molecule has 1 aromatic rings. The predicted octanol–water partition coefficient (Wildman–Crippen LogP) is 1.44. The van der Waals surface area contributed by atoms with Gasteiger partial charge in [-0.15, -0.1) is 0 Å². The highest BCUT2D eigenvalue weighted by Crippen LogP contribution is 2.16. The van der Waals surface area contributed by atoms with Gasteiger partial charge in [0, 0.05) is 25.8 Å². The molecule has 0 heterocycles. The average molecular weight is 227 g/mol. The first-order valence-electron chi connectivity index (χ1n) is 5.25. The van der Waals surface area contributed by atoms with Crippen LogP contribution in [0.1, 0.15) is 11.7 Å². The number of nitrogens with zero attached hydrogens (tertiary/aromatic N) is 1. The lowest BCUT2D eigenvalue weighted by Gasteiger charge is -2.20. The molecule has 0 bridgehead atoms. The molecule has 0 aliphatic carbocycles. The standard InChI is InChI=1S/C12H18FNO2/c1-14(7-8-16-2)9-12(15)10-5-3-4-6-11(10)13/h3-6,12,15H,7-9H2,1-2H3. The van der Waals surface area contributed by atoms with Gasteiger partial charge in [-0.25, -0.2) is 4.39 Å². The molecular formula is C12H18FNO2. The summed E-state index contributed by atoms with van der Waals surface area (Å²) in [6.45, 7) is 1.70. The molecule has 0 aliphatic rings. The van der Waals surface area contributed by atoms with Crippen molar-refractivity contribution in [2.75, 3.05) is 33.9 Å². The molecule has 0 amide bonds. The Balaban J connectivity index is 2.52. The van der Waals surface area contributed by atoms with Crippen LogP contribution in [0.2, 0.25) is 0 Å². The van der Waals surface area contributed by atoms with Crippen LogP contribution >= 0.6 is 0 Å². The highest BCUT2D eigenvalue weighted by molar-refractivity contribution is 5.19. The van der Waals surface area contributed by atoms with E-state index in [2.05, 4.69) is 0 Å². The summed E-state index contributed by atoms with van der Waals surface area (Å²) in [4.78, 5) is 1.90. The van der Waals surface area contributed by atoms with E-state index in [-0.39, 0.29) is 5.82 Å². The molecule has 1 aromatic carbocycles. The summed E-state index contributed by atoms with van der Waals surface area (Å²) in [6.07, 6.45) is -0.803. The van der Waals surface area contributed by atoms with Crippen LogP contribution in [-0.4, -0.2) is 43.9 Å². The second kappa shape index (κ2) is 6.58. The highest BCUT2D eigenvalue weighted by Gasteiger charge is 2.13. The first-order valence-corrected chi connectivity index (χ1v) is 5.25. The quantitative estimate of drug-likeness (QED) is 0.798. The number of methoxy groups -OCH3 is 1. The molecule has 1 atom stereocenters. The zero-order chi connectivity index (χ0) is 12.0. The molecule has 0 aromatic heterocycles. The minimum atomic E-state index is -0.803. The van der Waals surface area contributed by atoms with Gasteiger partial charge in [0.2, 0.25) is 0 Å². The number of hydrogen-bond donors (Lipinski definition) is 1. The van der Waals surface area contributed by atoms with E-state index < -0.39 is 6.10 Å². The summed E-state index contributed by atoms with van der Waals surface area (Å²) >= 11 is 0. The summed E-state index contributed by atoms with van der Waals surface area (Å²) in [6, 6.07) is 6.29. The molecule has 1 N–H and O–H groups in total. The van der Waals surface area contributed by atoms with E-state index in [1.54, 1.807) is 25.3 Å². The smallest absolute Gasteiger partial charge is 0.129 e. The van der Waals surface area contributed by atoms with Gasteiger partial charge in [-0.2, -0.15) is 0 Å². The molecule has 90 valence electrons. The lowest BCUT2D eigenvalue weighted by atomic mass is 10.1. The fraction of sp³-hybridized carbons (Fsp3) is 0.500. The predicted molar refractivity (Wildman–Crippen MR) is 60.7 cm³/mol. The average Bonchev–Trinajstić information content (AvgIpc) is 2.26. The number of rotatable bonds is 6. The van der Waals surface area contributed by atoms with Crippen molar-refractivity contribution >= 4 is 0 Å². The molecule has 0 radical (unpaired) electrons. The highest BCUT2D eigenvalue weighted by atomic mass is 19.1. The van der Waals surface area contributed by atoms with Crippen LogP contribution in [0.15, 0.2) is 24.3 Å². The molecule has 0 aliphatic heterocycles. The van der Waals surface area contributed by atoms with Crippen molar-refractivity contribution in [3.63, 3.8) is 0 Å². The van der Waals surface area contributed by atoms with Crippen LogP contribution in [0.3, 0.4) is 0 Å². The third-order valence-electron chi connectivity index (χ3n) is 2.43. The normalized spacial score (nSPS) is 13.1. The first-order chi connectivity index (χ1) is 7.65. The minimum absolute atomic E-state index is 0.340. The van der Waals surface area contributed by atoms with Crippen LogP contribution in [0, 0.1) is 5.82 Å². The fourth-order valence-corrected chi connectivity index (χ4v) is 1.48. The van der Waals surface area contributed by atoms with E-state index in [4.69, 9.17) is 4.74 Å². The van der Waals surface area contributed by atoms with E-state index in [9.17, 15) is 9.50 Å². The van der Waals surface area contributed by atoms with Gasteiger partial charge in [0.1, 0.15) is 5.82 Å². The topological polar surface area (TPSA) is 32.7 Å². The molecule has 1 rings (SSSR count). The maximum atomic E-state index is 13.3. The molecule has 3 nitrogen and oxygen atoms in total. The number of aliphatic hydroxyl groups is 1. The number of ether oxygens (including phenoxy) is 1. The number of aliphatic hydroxyl groups excluding tert-OH is 1. The van der Waals surface area contributed by atoms with Gasteiger partial charge in [0.05, 0.1) is 12.7 Å². The van der Waals surface area contributed by atoms with Gasteiger partial charge in [-0.05, 0) is 13.1 Å². The van der Waals surface area contributed by atoms with E-state index in [0.717, 1.165) is 0 Å². The van der Waals surface area contributed by atoms with Crippen molar-refractivity contribution in [3.8, 4) is 0 Å². The summed E-state index contributed by atoms with van der Waals surface area (Å²) in [5, 5.41) is 9.85. The van der Waals surface area contributed by atoms with Gasteiger partial charge >= 0.3 is 0 Å². The van der Waals surface area contributed by atoms with Gasteiger partial charge < -0.3 is 14.7 Å². The van der Waals surface area contributed by atoms with Gasteiger partial charge in [-0.1, -0.05) is 18.2 Å². The van der Waals surface area contributed by atoms with Crippen molar-refractivity contribution in [3.05, 3.63) is 35.6 Å². The van der Waals surface area contributed by atoms with E-state index in [1.807, 2.05) is 11.9 Å². The van der Waals surface area contributed by atoms with Crippen molar-refractivity contribution in [2.45, 2.75) is 6.10 Å². The molecule has 0 fully saturated rings. The minimum Gasteiger partial charge on any atom is -0.387 e. The molecular weight excluding hydrogens is 209 g/mol. The lowest BCUT2D eigenvalue weighted by Crippen LogP contribution is -2.28. The molecule has 16 heavy (non-hydrogen) atoms. The summed E-state index contributed by atoms with van der Waals surface area (Å²) < 4.78 is 18.3. The van der Waals surface area contributed by atoms with Gasteiger partial charge in [-0.3, -0.25) is 0 Å². The lowest BCUT2D eigenvalue weighted by molar-refractivity contribution is 0.101. The molecule has 0 saturated carbocycles. The zero-order valence-corrected chi connectivity index (χ0v) is 9.69. The zero-order valence-electron chi connectivity index (χ0n) is 9.69. The third-order valence-corrected chi connectivity index (χ3v) is 2.43. The maximum absolute atomic E-state index is 13.3. The molecule has 0 saturated heterocycles. The van der Waals surface area contributed by atoms with E-state index in [1.165, 1.54) is 6.07 Å². The maximum Gasteiger partial charge on any atom is 0.129 e. The Morgan fingerprint density at radius 2 is 2.12 bits per heavy atom. The fourth-order valence-electron chi connectivity index (χ4n) is 1.48. The monoisotopic (exact) mass is 227 g/mol. The Labute approximate surface area is 95.5 Å². The van der Waals surface area contributed by atoms with Gasteiger partial charge in [0.15, 0.2) is 0 Å². The van der Waals surface area contributed by atoms with Crippen molar-refractivity contribution in [1.29, 1.82) is 0 Å². The van der Waals surface area contributed by atoms with Crippen molar-refractivity contribution in [1.82, 2.24) is 4.90 Å². The first kappa shape index (κ1) is 13.1. The molecule has 0 spiro atoms. The number of likely N-dealkylation sites (N-methyl/N-ethyl adjacent to an activating group) is 1. The Hall–Kier alpha value is -0.970. The number of halogens is 1. The van der Waals surface area contributed by atoms with Crippen LogP contribution in [0.5, 0.6) is 0 Å². The van der Waals surface area contributed by atoms with E-state index >= 15 is 0 Å².